The van der Waals surface area contributed by atoms with Crippen molar-refractivity contribution in [1.82, 2.24) is 5.32 Å². The molecule has 0 saturated heterocycles. The van der Waals surface area contributed by atoms with E-state index in [-0.39, 0.29) is 13.2 Å². The lowest BCUT2D eigenvalue weighted by molar-refractivity contribution is 0.0527. The molecule has 0 unspecified atom stereocenters. The van der Waals surface area contributed by atoms with Crippen LogP contribution < -0.4 is 10.6 Å². The van der Waals surface area contributed by atoms with Crippen molar-refractivity contribution in [2.75, 3.05) is 25.1 Å². The Balaban J connectivity index is 3.07. The lowest BCUT2D eigenvalue weighted by Crippen LogP contribution is -2.29. The van der Waals surface area contributed by atoms with Crippen LogP contribution in [0.5, 0.6) is 0 Å². The number of hydrogen-bond acceptors (Lipinski definition) is 6. The second-order valence-electron chi connectivity index (χ2n) is 4.94. The van der Waals surface area contributed by atoms with Gasteiger partial charge in [-0.15, -0.1) is 11.3 Å². The summed E-state index contributed by atoms with van der Waals surface area (Å²) in [5.41, 5.74) is 0.861. The number of anilines is 1. The van der Waals surface area contributed by atoms with Crippen molar-refractivity contribution in [2.45, 2.75) is 40.5 Å². The van der Waals surface area contributed by atoms with E-state index in [2.05, 4.69) is 17.6 Å². The standard InChI is InChI=1S/C16H24N2O4S2/c1-5-8-9-17-16(23)18-13-11(14(19)21-6-2)10(4)12(24-13)15(20)22-7-3/h5-9H2,1-4H3,(H2,17,18,23). The van der Waals surface area contributed by atoms with E-state index < -0.39 is 11.9 Å². The molecular formula is C16H24N2O4S2. The Labute approximate surface area is 151 Å². The molecule has 2 N–H and O–H groups in total. The van der Waals surface area contributed by atoms with Gasteiger partial charge in [-0.2, -0.15) is 0 Å². The molecule has 1 aromatic heterocycles. The van der Waals surface area contributed by atoms with Gasteiger partial charge in [0.25, 0.3) is 0 Å². The van der Waals surface area contributed by atoms with Crippen LogP contribution in [0.4, 0.5) is 5.00 Å². The van der Waals surface area contributed by atoms with Crippen molar-refractivity contribution < 1.29 is 19.1 Å². The predicted molar refractivity (Wildman–Crippen MR) is 100 cm³/mol. The highest BCUT2D eigenvalue weighted by molar-refractivity contribution is 7.80. The summed E-state index contributed by atoms with van der Waals surface area (Å²) < 4.78 is 10.1. The molecule has 134 valence electrons. The maximum Gasteiger partial charge on any atom is 0.348 e. The fourth-order valence-corrected chi connectivity index (χ4v) is 3.33. The number of unbranched alkanes of at least 4 members (excludes halogenated alkanes) is 1. The summed E-state index contributed by atoms with van der Waals surface area (Å²) in [6.07, 6.45) is 2.04. The average molecular weight is 373 g/mol. The van der Waals surface area contributed by atoms with Gasteiger partial charge in [-0.3, -0.25) is 0 Å². The SMILES string of the molecule is CCCCNC(=S)Nc1sc(C(=O)OCC)c(C)c1C(=O)OCC. The molecule has 0 aromatic carbocycles. The zero-order chi connectivity index (χ0) is 18.1. The Kier molecular flexibility index (Phi) is 8.70. The molecule has 0 aliphatic carbocycles. The number of thiophene rings is 1. The summed E-state index contributed by atoms with van der Waals surface area (Å²) >= 11 is 6.39. The fourth-order valence-electron chi connectivity index (χ4n) is 1.97. The van der Waals surface area contributed by atoms with Crippen LogP contribution >= 0.6 is 23.6 Å². The number of esters is 2. The number of thiocarbonyl (C=S) groups is 1. The summed E-state index contributed by atoms with van der Waals surface area (Å²) in [5.74, 6) is -0.941. The van der Waals surface area contributed by atoms with Gasteiger partial charge in [0.1, 0.15) is 9.88 Å². The molecule has 24 heavy (non-hydrogen) atoms. The highest BCUT2D eigenvalue weighted by Gasteiger charge is 2.26. The Morgan fingerprint density at radius 2 is 1.75 bits per heavy atom. The normalized spacial score (nSPS) is 10.2. The van der Waals surface area contributed by atoms with Crippen molar-refractivity contribution in [2.24, 2.45) is 0 Å². The highest BCUT2D eigenvalue weighted by atomic mass is 32.1. The minimum absolute atomic E-state index is 0.251. The first kappa shape index (κ1) is 20.4. The molecule has 0 amide bonds. The third kappa shape index (κ3) is 5.45. The van der Waals surface area contributed by atoms with Gasteiger partial charge in [0.15, 0.2) is 5.11 Å². The van der Waals surface area contributed by atoms with Crippen molar-refractivity contribution in [1.29, 1.82) is 0 Å². The van der Waals surface area contributed by atoms with Gasteiger partial charge in [-0.05, 0) is 45.0 Å². The molecule has 0 saturated carbocycles. The topological polar surface area (TPSA) is 76.7 Å². The van der Waals surface area contributed by atoms with Crippen molar-refractivity contribution in [3.8, 4) is 0 Å². The van der Waals surface area contributed by atoms with Crippen LogP contribution in [0, 0.1) is 6.92 Å². The highest BCUT2D eigenvalue weighted by Crippen LogP contribution is 2.34. The van der Waals surface area contributed by atoms with Gasteiger partial charge < -0.3 is 20.1 Å². The van der Waals surface area contributed by atoms with Crippen LogP contribution in [0.2, 0.25) is 0 Å². The second-order valence-corrected chi connectivity index (χ2v) is 6.36. The van der Waals surface area contributed by atoms with Crippen LogP contribution in [0.3, 0.4) is 0 Å². The largest absolute Gasteiger partial charge is 0.462 e. The Hall–Kier alpha value is -1.67. The van der Waals surface area contributed by atoms with Crippen molar-refractivity contribution in [3.63, 3.8) is 0 Å². The number of rotatable bonds is 8. The van der Waals surface area contributed by atoms with Crippen LogP contribution in [0.25, 0.3) is 0 Å². The third-order valence-electron chi connectivity index (χ3n) is 3.13. The van der Waals surface area contributed by atoms with Gasteiger partial charge in [0.05, 0.1) is 18.8 Å². The number of carbonyl (C=O) groups is 2. The smallest absolute Gasteiger partial charge is 0.348 e. The fraction of sp³-hybridized carbons (Fsp3) is 0.562. The molecule has 0 fully saturated rings. The molecule has 0 aliphatic rings. The second kappa shape index (κ2) is 10.2. The van der Waals surface area contributed by atoms with E-state index in [0.29, 0.717) is 26.1 Å². The van der Waals surface area contributed by atoms with E-state index in [1.54, 1.807) is 20.8 Å². The zero-order valence-corrected chi connectivity index (χ0v) is 16.1. The molecule has 0 atom stereocenters. The maximum atomic E-state index is 12.3. The molecule has 0 radical (unpaired) electrons. The summed E-state index contributed by atoms with van der Waals surface area (Å²) in [5, 5.41) is 6.97. The van der Waals surface area contributed by atoms with Crippen molar-refractivity contribution >= 4 is 45.6 Å². The third-order valence-corrected chi connectivity index (χ3v) is 4.56. The number of carbonyl (C=O) groups excluding carboxylic acids is 2. The molecular weight excluding hydrogens is 348 g/mol. The molecule has 1 rings (SSSR count). The minimum Gasteiger partial charge on any atom is -0.462 e. The van der Waals surface area contributed by atoms with E-state index >= 15 is 0 Å². The van der Waals surface area contributed by atoms with Gasteiger partial charge in [-0.1, -0.05) is 13.3 Å². The van der Waals surface area contributed by atoms with E-state index in [4.69, 9.17) is 21.7 Å². The van der Waals surface area contributed by atoms with Crippen molar-refractivity contribution in [3.05, 3.63) is 16.0 Å². The molecule has 6 nitrogen and oxygen atoms in total. The first-order valence-corrected chi connectivity index (χ1v) is 9.21. The van der Waals surface area contributed by atoms with E-state index in [1.807, 2.05) is 0 Å². The Bertz CT molecular complexity index is 599. The van der Waals surface area contributed by atoms with Gasteiger partial charge in [0, 0.05) is 6.54 Å². The van der Waals surface area contributed by atoms with Crippen LogP contribution in [-0.4, -0.2) is 36.8 Å². The first-order chi connectivity index (χ1) is 11.5. The molecule has 0 spiro atoms. The molecule has 1 heterocycles. The predicted octanol–water partition coefficient (Wildman–Crippen LogP) is 3.50. The minimum atomic E-state index is -0.486. The first-order valence-electron chi connectivity index (χ1n) is 7.98. The van der Waals surface area contributed by atoms with E-state index in [0.717, 1.165) is 30.7 Å². The number of hydrogen-bond donors (Lipinski definition) is 2. The average Bonchev–Trinajstić information content (AvgIpc) is 2.84. The number of nitrogens with one attached hydrogen (secondary N) is 2. The lowest BCUT2D eigenvalue weighted by Gasteiger charge is -2.10. The quantitative estimate of drug-likeness (QED) is 0.411. The summed E-state index contributed by atoms with van der Waals surface area (Å²) in [6.45, 7) is 8.52. The monoisotopic (exact) mass is 372 g/mol. The molecule has 0 bridgehead atoms. The Morgan fingerprint density at radius 1 is 1.12 bits per heavy atom. The summed E-state index contributed by atoms with van der Waals surface area (Å²) in [7, 11) is 0. The van der Waals surface area contributed by atoms with Gasteiger partial charge in [-0.25, -0.2) is 9.59 Å². The van der Waals surface area contributed by atoms with Crippen LogP contribution in [-0.2, 0) is 9.47 Å². The number of ether oxygens (including phenoxy) is 2. The summed E-state index contributed by atoms with van der Waals surface area (Å²) in [4.78, 5) is 24.7. The molecule has 1 aromatic rings. The lowest BCUT2D eigenvalue weighted by atomic mass is 10.1. The summed E-state index contributed by atoms with van der Waals surface area (Å²) in [6, 6.07) is 0. The maximum absolute atomic E-state index is 12.3. The molecule has 0 aliphatic heterocycles. The zero-order valence-electron chi connectivity index (χ0n) is 14.5. The van der Waals surface area contributed by atoms with Crippen LogP contribution in [0.15, 0.2) is 0 Å². The van der Waals surface area contributed by atoms with E-state index in [9.17, 15) is 9.59 Å². The van der Waals surface area contributed by atoms with Gasteiger partial charge >= 0.3 is 11.9 Å². The molecule has 8 heteroatoms. The van der Waals surface area contributed by atoms with Crippen LogP contribution in [0.1, 0.15) is 59.2 Å². The van der Waals surface area contributed by atoms with Gasteiger partial charge in [0.2, 0.25) is 0 Å². The van der Waals surface area contributed by atoms with E-state index in [1.165, 1.54) is 0 Å². The Morgan fingerprint density at radius 3 is 2.33 bits per heavy atom.